The Balaban J connectivity index is 1.67. The van der Waals surface area contributed by atoms with Crippen LogP contribution in [0, 0.1) is 0 Å². The molecule has 0 heterocycles. The second kappa shape index (κ2) is 9.42. The van der Waals surface area contributed by atoms with E-state index in [2.05, 4.69) is 17.1 Å². The predicted molar refractivity (Wildman–Crippen MR) is 107 cm³/mol. The summed E-state index contributed by atoms with van der Waals surface area (Å²) in [4.78, 5) is 4.49. The summed E-state index contributed by atoms with van der Waals surface area (Å²) in [6, 6.07) is 26.1. The van der Waals surface area contributed by atoms with Gasteiger partial charge in [-0.1, -0.05) is 48.5 Å². The Kier molecular flexibility index (Phi) is 6.43. The maximum atomic E-state index is 5.94. The normalized spacial score (nSPS) is 10.8. The van der Waals surface area contributed by atoms with E-state index in [1.54, 1.807) is 0 Å². The molecule has 0 bridgehead atoms. The van der Waals surface area contributed by atoms with Crippen molar-refractivity contribution in [1.82, 2.24) is 0 Å². The Morgan fingerprint density at radius 2 is 1.54 bits per heavy atom. The summed E-state index contributed by atoms with van der Waals surface area (Å²) < 4.78 is 11.7. The van der Waals surface area contributed by atoms with Gasteiger partial charge in [-0.3, -0.25) is 4.99 Å². The van der Waals surface area contributed by atoms with Gasteiger partial charge in [0, 0.05) is 12.6 Å². The number of rotatable bonds is 8. The van der Waals surface area contributed by atoms with Crippen molar-refractivity contribution in [3.8, 4) is 11.5 Å². The van der Waals surface area contributed by atoms with Crippen LogP contribution in [0.2, 0.25) is 0 Å². The van der Waals surface area contributed by atoms with Crippen molar-refractivity contribution in [3.05, 3.63) is 90.0 Å². The van der Waals surface area contributed by atoms with Crippen LogP contribution in [-0.4, -0.2) is 19.4 Å². The van der Waals surface area contributed by atoms with Gasteiger partial charge in [-0.15, -0.1) is 0 Å². The lowest BCUT2D eigenvalue weighted by Crippen LogP contribution is -2.04. The highest BCUT2D eigenvalue weighted by Crippen LogP contribution is 2.28. The second-order valence-corrected chi connectivity index (χ2v) is 5.82. The molecule has 0 aromatic heterocycles. The Hall–Kier alpha value is -3.07. The molecule has 3 rings (SSSR count). The van der Waals surface area contributed by atoms with E-state index in [9.17, 15) is 0 Å². The minimum Gasteiger partial charge on any atom is -0.490 e. The predicted octanol–water partition coefficient (Wildman–Crippen LogP) is 5.46. The molecule has 0 aliphatic heterocycles. The van der Waals surface area contributed by atoms with E-state index in [-0.39, 0.29) is 0 Å². The SMILES string of the molecule is CCOc1cc(C=Nc2ccccc2)ccc1OCCc1ccccc1. The zero-order valence-corrected chi connectivity index (χ0v) is 15.0. The van der Waals surface area contributed by atoms with E-state index < -0.39 is 0 Å². The lowest BCUT2D eigenvalue weighted by atomic mass is 10.2. The smallest absolute Gasteiger partial charge is 0.161 e. The molecule has 3 nitrogen and oxygen atoms in total. The average molecular weight is 345 g/mol. The molecule has 0 unspecified atom stereocenters. The van der Waals surface area contributed by atoms with Gasteiger partial charge in [0.05, 0.1) is 18.9 Å². The summed E-state index contributed by atoms with van der Waals surface area (Å²) in [5.74, 6) is 1.51. The number of benzene rings is 3. The minimum atomic E-state index is 0.592. The molecular weight excluding hydrogens is 322 g/mol. The van der Waals surface area contributed by atoms with Crippen LogP contribution in [0.1, 0.15) is 18.1 Å². The van der Waals surface area contributed by atoms with Gasteiger partial charge in [0.15, 0.2) is 11.5 Å². The van der Waals surface area contributed by atoms with Gasteiger partial charge in [0.25, 0.3) is 0 Å². The van der Waals surface area contributed by atoms with E-state index in [1.165, 1.54) is 5.56 Å². The van der Waals surface area contributed by atoms with Crippen molar-refractivity contribution in [2.24, 2.45) is 4.99 Å². The van der Waals surface area contributed by atoms with Crippen molar-refractivity contribution in [2.45, 2.75) is 13.3 Å². The first-order chi connectivity index (χ1) is 12.8. The van der Waals surface area contributed by atoms with Crippen LogP contribution in [0.5, 0.6) is 11.5 Å². The van der Waals surface area contributed by atoms with Gasteiger partial charge in [-0.05, 0) is 48.4 Å². The molecule has 0 N–H and O–H groups in total. The summed E-state index contributed by atoms with van der Waals surface area (Å²) in [6.45, 7) is 3.17. The first-order valence-corrected chi connectivity index (χ1v) is 8.88. The molecule has 0 aliphatic rings. The summed E-state index contributed by atoms with van der Waals surface area (Å²) in [5.41, 5.74) is 3.17. The number of para-hydroxylation sites is 1. The maximum Gasteiger partial charge on any atom is 0.161 e. The van der Waals surface area contributed by atoms with Crippen LogP contribution in [0.25, 0.3) is 0 Å². The van der Waals surface area contributed by atoms with E-state index in [4.69, 9.17) is 9.47 Å². The van der Waals surface area contributed by atoms with Crippen molar-refractivity contribution < 1.29 is 9.47 Å². The molecule has 26 heavy (non-hydrogen) atoms. The van der Waals surface area contributed by atoms with Gasteiger partial charge in [0.2, 0.25) is 0 Å². The molecule has 0 atom stereocenters. The Bertz CT molecular complexity index is 829. The van der Waals surface area contributed by atoms with Crippen LogP contribution < -0.4 is 9.47 Å². The van der Waals surface area contributed by atoms with Gasteiger partial charge in [-0.25, -0.2) is 0 Å². The topological polar surface area (TPSA) is 30.8 Å². The quantitative estimate of drug-likeness (QED) is 0.508. The molecule has 0 spiro atoms. The average Bonchev–Trinajstić information content (AvgIpc) is 2.70. The second-order valence-electron chi connectivity index (χ2n) is 5.82. The molecule has 0 radical (unpaired) electrons. The summed E-state index contributed by atoms with van der Waals surface area (Å²) in [5, 5.41) is 0. The van der Waals surface area contributed by atoms with Crippen molar-refractivity contribution >= 4 is 11.9 Å². The number of ether oxygens (including phenoxy) is 2. The maximum absolute atomic E-state index is 5.94. The van der Waals surface area contributed by atoms with Gasteiger partial charge in [0.1, 0.15) is 0 Å². The number of nitrogens with zero attached hydrogens (tertiary/aromatic N) is 1. The summed E-state index contributed by atoms with van der Waals surface area (Å²) in [7, 11) is 0. The lowest BCUT2D eigenvalue weighted by Gasteiger charge is -2.12. The molecule has 0 fully saturated rings. The van der Waals surface area contributed by atoms with E-state index in [0.29, 0.717) is 13.2 Å². The van der Waals surface area contributed by atoms with E-state index in [0.717, 1.165) is 29.2 Å². The van der Waals surface area contributed by atoms with Crippen LogP contribution in [0.15, 0.2) is 83.9 Å². The summed E-state index contributed by atoms with van der Waals surface area (Å²) >= 11 is 0. The summed E-state index contributed by atoms with van der Waals surface area (Å²) in [6.07, 6.45) is 2.70. The minimum absolute atomic E-state index is 0.592. The lowest BCUT2D eigenvalue weighted by molar-refractivity contribution is 0.279. The Morgan fingerprint density at radius 1 is 0.808 bits per heavy atom. The fraction of sp³-hybridized carbons (Fsp3) is 0.174. The van der Waals surface area contributed by atoms with Crippen LogP contribution >= 0.6 is 0 Å². The molecule has 0 amide bonds. The molecule has 3 aromatic carbocycles. The third-order valence-electron chi connectivity index (χ3n) is 3.88. The highest BCUT2D eigenvalue weighted by atomic mass is 16.5. The largest absolute Gasteiger partial charge is 0.490 e. The van der Waals surface area contributed by atoms with Crippen molar-refractivity contribution in [1.29, 1.82) is 0 Å². The van der Waals surface area contributed by atoms with Crippen molar-refractivity contribution in [3.63, 3.8) is 0 Å². The molecule has 0 saturated heterocycles. The first kappa shape index (κ1) is 17.7. The number of aliphatic imine (C=N–C) groups is 1. The van der Waals surface area contributed by atoms with E-state index >= 15 is 0 Å². The molecule has 3 aromatic rings. The standard InChI is InChI=1S/C23H23NO2/c1-2-25-23-17-20(18-24-21-11-7-4-8-12-21)13-14-22(23)26-16-15-19-9-5-3-6-10-19/h3-14,17-18H,2,15-16H2,1H3. The number of hydrogen-bond acceptors (Lipinski definition) is 3. The van der Waals surface area contributed by atoms with Gasteiger partial charge in [-0.2, -0.15) is 0 Å². The van der Waals surface area contributed by atoms with Crippen LogP contribution in [0.3, 0.4) is 0 Å². The van der Waals surface area contributed by atoms with Crippen molar-refractivity contribution in [2.75, 3.05) is 13.2 Å². The van der Waals surface area contributed by atoms with E-state index in [1.807, 2.05) is 79.9 Å². The Morgan fingerprint density at radius 3 is 2.27 bits per heavy atom. The molecule has 0 aliphatic carbocycles. The molecular formula is C23H23NO2. The highest BCUT2D eigenvalue weighted by Gasteiger charge is 2.06. The van der Waals surface area contributed by atoms with Crippen LogP contribution in [0.4, 0.5) is 5.69 Å². The van der Waals surface area contributed by atoms with Gasteiger partial charge >= 0.3 is 0 Å². The highest BCUT2D eigenvalue weighted by molar-refractivity contribution is 5.83. The third kappa shape index (κ3) is 5.21. The third-order valence-corrected chi connectivity index (χ3v) is 3.88. The number of hydrogen-bond donors (Lipinski definition) is 0. The molecule has 132 valence electrons. The fourth-order valence-electron chi connectivity index (χ4n) is 2.58. The zero-order chi connectivity index (χ0) is 18.0. The Labute approximate surface area is 154 Å². The molecule has 3 heteroatoms. The zero-order valence-electron chi connectivity index (χ0n) is 15.0. The first-order valence-electron chi connectivity index (χ1n) is 8.88. The monoisotopic (exact) mass is 345 g/mol. The fourth-order valence-corrected chi connectivity index (χ4v) is 2.58. The van der Waals surface area contributed by atoms with Gasteiger partial charge < -0.3 is 9.47 Å². The molecule has 0 saturated carbocycles. The van der Waals surface area contributed by atoms with Crippen LogP contribution in [-0.2, 0) is 6.42 Å².